The molecule has 1 saturated heterocycles. The summed E-state index contributed by atoms with van der Waals surface area (Å²) in [5, 5.41) is 28.6. The van der Waals surface area contributed by atoms with Crippen LogP contribution in [0.5, 0.6) is 0 Å². The lowest BCUT2D eigenvalue weighted by atomic mass is 9.89. The molecule has 0 radical (unpaired) electrons. The largest absolute Gasteiger partial charge is 0.491 e. The Morgan fingerprint density at radius 2 is 2.11 bits per heavy atom. The third-order valence-electron chi connectivity index (χ3n) is 5.44. The summed E-state index contributed by atoms with van der Waals surface area (Å²) < 4.78 is 48.2. The summed E-state index contributed by atoms with van der Waals surface area (Å²) in [4.78, 5) is 10.5. The molecule has 1 unspecified atom stereocenters. The molecule has 5 nitrogen and oxygen atoms in total. The molecule has 0 amide bonds. The van der Waals surface area contributed by atoms with E-state index in [-0.39, 0.29) is 25.0 Å². The number of fused-ring (bicyclic) bond motifs is 1. The van der Waals surface area contributed by atoms with Gasteiger partial charge in [-0.15, -0.1) is 0 Å². The number of hydrogen-bond donors (Lipinski definition) is 3. The number of aliphatic hydroxyl groups is 2. The molecule has 2 fully saturated rings. The molecule has 28 heavy (non-hydrogen) atoms. The topological polar surface area (TPSA) is 87.0 Å². The van der Waals surface area contributed by atoms with Gasteiger partial charge in [0.25, 0.3) is 5.92 Å². The SMILES string of the molecule is CCCCC(F)(F)[C@H](O)/C=C/[C@@H]1[C@H]2C(F)/C(=C/CCCC(=O)O)O[C@@H]2C[C@H]1O. The van der Waals surface area contributed by atoms with E-state index in [4.69, 9.17) is 9.84 Å². The third kappa shape index (κ3) is 5.50. The van der Waals surface area contributed by atoms with Crippen LogP contribution in [0.1, 0.15) is 51.9 Å². The number of aliphatic carboxylic acids is 1. The van der Waals surface area contributed by atoms with E-state index in [0.717, 1.165) is 6.08 Å². The Kier molecular flexibility index (Phi) is 7.95. The molecule has 8 heteroatoms. The minimum Gasteiger partial charge on any atom is -0.491 e. The molecule has 2 aliphatic rings. The second-order valence-corrected chi connectivity index (χ2v) is 7.60. The Morgan fingerprint density at radius 3 is 2.75 bits per heavy atom. The number of rotatable bonds is 10. The highest BCUT2D eigenvalue weighted by Gasteiger charge is 2.53. The molecule has 0 bridgehead atoms. The second kappa shape index (κ2) is 9.78. The molecule has 0 aromatic rings. The number of unbranched alkanes of at least 4 members (excludes halogenated alkanes) is 2. The number of carboxylic acids is 1. The number of ether oxygens (including phenoxy) is 1. The lowest BCUT2D eigenvalue weighted by molar-refractivity contribution is -0.137. The van der Waals surface area contributed by atoms with Gasteiger partial charge in [0.1, 0.15) is 18.0 Å². The highest BCUT2D eigenvalue weighted by Crippen LogP contribution is 2.47. The van der Waals surface area contributed by atoms with Crippen molar-refractivity contribution in [2.45, 2.75) is 82.3 Å². The number of hydrogen-bond acceptors (Lipinski definition) is 4. The van der Waals surface area contributed by atoms with Gasteiger partial charge in [-0.05, 0) is 25.3 Å². The Labute approximate surface area is 162 Å². The summed E-state index contributed by atoms with van der Waals surface area (Å²) in [6, 6.07) is 0. The van der Waals surface area contributed by atoms with Crippen molar-refractivity contribution in [1.29, 1.82) is 0 Å². The lowest BCUT2D eigenvalue weighted by Gasteiger charge is -2.22. The van der Waals surface area contributed by atoms with Crippen molar-refractivity contribution in [3.8, 4) is 0 Å². The van der Waals surface area contributed by atoms with Crippen LogP contribution in [0, 0.1) is 11.8 Å². The fourth-order valence-corrected chi connectivity index (χ4v) is 3.85. The number of aliphatic hydroxyl groups excluding tert-OH is 2. The van der Waals surface area contributed by atoms with Gasteiger partial charge in [0.2, 0.25) is 0 Å². The molecule has 0 aromatic heterocycles. The number of allylic oxidation sites excluding steroid dienone is 2. The van der Waals surface area contributed by atoms with E-state index in [1.807, 2.05) is 0 Å². The lowest BCUT2D eigenvalue weighted by Crippen LogP contribution is -2.32. The van der Waals surface area contributed by atoms with Gasteiger partial charge >= 0.3 is 5.97 Å². The fraction of sp³-hybridized carbons (Fsp3) is 0.750. The van der Waals surface area contributed by atoms with Gasteiger partial charge in [0.05, 0.1) is 6.10 Å². The summed E-state index contributed by atoms with van der Waals surface area (Å²) in [6.07, 6.45) is 0.0488. The quantitative estimate of drug-likeness (QED) is 0.381. The molecular formula is C20H29F3O5. The molecule has 1 aliphatic carbocycles. The van der Waals surface area contributed by atoms with Crippen molar-refractivity contribution < 1.29 is 38.0 Å². The van der Waals surface area contributed by atoms with E-state index in [1.54, 1.807) is 6.92 Å². The van der Waals surface area contributed by atoms with Crippen molar-refractivity contribution in [2.75, 3.05) is 0 Å². The van der Waals surface area contributed by atoms with Crippen LogP contribution >= 0.6 is 0 Å². The van der Waals surface area contributed by atoms with Crippen LogP contribution in [-0.2, 0) is 9.53 Å². The summed E-state index contributed by atoms with van der Waals surface area (Å²) >= 11 is 0. The van der Waals surface area contributed by atoms with Crippen molar-refractivity contribution >= 4 is 5.97 Å². The van der Waals surface area contributed by atoms with Gasteiger partial charge in [0, 0.05) is 31.1 Å². The molecule has 0 spiro atoms. The first-order chi connectivity index (χ1) is 13.2. The number of carboxylic acid groups (broad SMARTS) is 1. The van der Waals surface area contributed by atoms with Crippen LogP contribution in [-0.4, -0.2) is 51.7 Å². The molecule has 1 heterocycles. The molecule has 1 saturated carbocycles. The van der Waals surface area contributed by atoms with Gasteiger partial charge in [-0.3, -0.25) is 4.79 Å². The van der Waals surface area contributed by atoms with Crippen LogP contribution in [0.3, 0.4) is 0 Å². The van der Waals surface area contributed by atoms with Crippen molar-refractivity contribution in [3.05, 3.63) is 24.0 Å². The van der Waals surface area contributed by atoms with E-state index in [2.05, 4.69) is 0 Å². The van der Waals surface area contributed by atoms with Gasteiger partial charge in [0.15, 0.2) is 6.17 Å². The highest BCUT2D eigenvalue weighted by molar-refractivity contribution is 5.66. The zero-order valence-corrected chi connectivity index (χ0v) is 15.9. The van der Waals surface area contributed by atoms with E-state index in [9.17, 15) is 28.2 Å². The maximum atomic E-state index is 14.8. The Balaban J connectivity index is 2.00. The first-order valence-electron chi connectivity index (χ1n) is 9.82. The third-order valence-corrected chi connectivity index (χ3v) is 5.44. The minimum atomic E-state index is -3.27. The van der Waals surface area contributed by atoms with Crippen LogP contribution in [0.15, 0.2) is 24.0 Å². The summed E-state index contributed by atoms with van der Waals surface area (Å²) in [7, 11) is 0. The second-order valence-electron chi connectivity index (χ2n) is 7.60. The predicted molar refractivity (Wildman–Crippen MR) is 96.6 cm³/mol. The van der Waals surface area contributed by atoms with Crippen molar-refractivity contribution in [2.24, 2.45) is 11.8 Å². The summed E-state index contributed by atoms with van der Waals surface area (Å²) in [5.74, 6) is -5.54. The fourth-order valence-electron chi connectivity index (χ4n) is 3.85. The van der Waals surface area contributed by atoms with Gasteiger partial charge in [-0.1, -0.05) is 25.5 Å². The van der Waals surface area contributed by atoms with Crippen molar-refractivity contribution in [3.63, 3.8) is 0 Å². The van der Waals surface area contributed by atoms with Crippen LogP contribution in [0.25, 0.3) is 0 Å². The Bertz CT molecular complexity index is 592. The number of alkyl halides is 3. The normalized spacial score (nSPS) is 32.6. The first-order valence-corrected chi connectivity index (χ1v) is 9.82. The molecule has 160 valence electrons. The van der Waals surface area contributed by atoms with E-state index < -0.39 is 54.6 Å². The monoisotopic (exact) mass is 406 g/mol. The van der Waals surface area contributed by atoms with E-state index >= 15 is 0 Å². The Morgan fingerprint density at radius 1 is 1.39 bits per heavy atom. The molecule has 0 aromatic carbocycles. The van der Waals surface area contributed by atoms with Crippen LogP contribution in [0.4, 0.5) is 13.2 Å². The molecule has 6 atom stereocenters. The maximum Gasteiger partial charge on any atom is 0.303 e. The van der Waals surface area contributed by atoms with E-state index in [0.29, 0.717) is 19.3 Å². The molecular weight excluding hydrogens is 377 g/mol. The molecule has 2 rings (SSSR count). The van der Waals surface area contributed by atoms with E-state index in [1.165, 1.54) is 12.2 Å². The Hall–Kier alpha value is -1.54. The minimum absolute atomic E-state index is 0.0260. The van der Waals surface area contributed by atoms with Crippen molar-refractivity contribution in [1.82, 2.24) is 0 Å². The predicted octanol–water partition coefficient (Wildman–Crippen LogP) is 3.60. The zero-order valence-electron chi connectivity index (χ0n) is 15.9. The number of carbonyl (C=O) groups is 1. The zero-order chi connectivity index (χ0) is 20.9. The standard InChI is InChI=1S/C20H29F3O5/c1-2-3-10-20(22,23)16(25)9-8-12-13(24)11-15-18(12)19(21)14(28-15)6-4-5-7-17(26)27/h6,8-9,12-13,15-16,18-19,24-25H,2-5,7,10-11H2,1H3,(H,26,27)/b9-8+,14-6-/t12-,13+,15+,16+,18+,19?/m0/s1. The van der Waals surface area contributed by atoms with Gasteiger partial charge in [-0.25, -0.2) is 13.2 Å². The summed E-state index contributed by atoms with van der Waals surface area (Å²) in [5.41, 5.74) is 0. The number of halogens is 3. The van der Waals surface area contributed by atoms with Gasteiger partial charge < -0.3 is 20.1 Å². The average Bonchev–Trinajstić information content (AvgIpc) is 3.09. The van der Waals surface area contributed by atoms with Gasteiger partial charge in [-0.2, -0.15) is 0 Å². The first kappa shape index (κ1) is 22.7. The summed E-state index contributed by atoms with van der Waals surface area (Å²) in [6.45, 7) is 1.78. The molecule has 3 N–H and O–H groups in total. The average molecular weight is 406 g/mol. The van der Waals surface area contributed by atoms with Crippen LogP contribution in [0.2, 0.25) is 0 Å². The van der Waals surface area contributed by atoms with Crippen LogP contribution < -0.4 is 0 Å². The smallest absolute Gasteiger partial charge is 0.303 e. The maximum absolute atomic E-state index is 14.8. The highest BCUT2D eigenvalue weighted by atomic mass is 19.3. The molecule has 1 aliphatic heterocycles.